The third kappa shape index (κ3) is 3.63. The van der Waals surface area contributed by atoms with Crippen molar-refractivity contribution < 1.29 is 13.2 Å². The minimum Gasteiger partial charge on any atom is -0.357 e. The van der Waals surface area contributed by atoms with Crippen LogP contribution in [0, 0.1) is 6.92 Å². The Balaban J connectivity index is 2.39. The zero-order valence-corrected chi connectivity index (χ0v) is 12.8. The van der Waals surface area contributed by atoms with Crippen LogP contribution in [0.5, 0.6) is 0 Å². The van der Waals surface area contributed by atoms with E-state index in [-0.39, 0.29) is 0 Å². The van der Waals surface area contributed by atoms with Crippen molar-refractivity contribution in [3.8, 4) is 0 Å². The zero-order valence-electron chi connectivity index (χ0n) is 11.2. The predicted octanol–water partition coefficient (Wildman–Crippen LogP) is 4.35. The van der Waals surface area contributed by atoms with Crippen LogP contribution in [-0.4, -0.2) is 17.0 Å². The molecule has 8 heteroatoms. The van der Waals surface area contributed by atoms with Gasteiger partial charge < -0.3 is 10.6 Å². The first kappa shape index (κ1) is 15.6. The molecule has 4 nitrogen and oxygen atoms in total. The number of nitrogens with zero attached hydrogens (tertiary/aromatic N) is 2. The average molecular weight is 361 g/mol. The monoisotopic (exact) mass is 360 g/mol. The van der Waals surface area contributed by atoms with Gasteiger partial charge in [0.05, 0.1) is 10.0 Å². The van der Waals surface area contributed by atoms with Crippen molar-refractivity contribution in [3.05, 3.63) is 40.0 Å². The Morgan fingerprint density at radius 2 is 1.95 bits per heavy atom. The molecule has 0 bridgehead atoms. The number of aryl methyl sites for hydroxylation is 1. The van der Waals surface area contributed by atoms with Gasteiger partial charge in [-0.05, 0) is 40.5 Å². The maximum Gasteiger partial charge on any atom is 0.416 e. The molecule has 112 valence electrons. The molecule has 0 aliphatic rings. The first-order chi connectivity index (χ1) is 9.81. The Kier molecular flexibility index (Phi) is 4.36. The highest BCUT2D eigenvalue weighted by atomic mass is 79.9. The SMILES string of the molecule is CNc1ncc(Br)c(Nc2cc(C(F)(F)F)ccc2C)n1. The summed E-state index contributed by atoms with van der Waals surface area (Å²) in [5.41, 5.74) is 0.306. The van der Waals surface area contributed by atoms with Crippen molar-refractivity contribution in [1.82, 2.24) is 9.97 Å². The van der Waals surface area contributed by atoms with Gasteiger partial charge in [-0.2, -0.15) is 18.2 Å². The standard InChI is InChI=1S/C13H12BrF3N4/c1-7-3-4-8(13(15,16)17)5-10(7)20-11-9(14)6-19-12(18-2)21-11/h3-6H,1-2H3,(H2,18,19,20,21). The molecular weight excluding hydrogens is 349 g/mol. The molecule has 0 aliphatic carbocycles. The third-order valence-corrected chi connectivity index (χ3v) is 3.37. The first-order valence-corrected chi connectivity index (χ1v) is 6.75. The molecule has 0 amide bonds. The van der Waals surface area contributed by atoms with Crippen molar-refractivity contribution in [1.29, 1.82) is 0 Å². The molecule has 2 aromatic rings. The second-order valence-corrected chi connectivity index (χ2v) is 5.15. The third-order valence-electron chi connectivity index (χ3n) is 2.79. The number of benzene rings is 1. The second-order valence-electron chi connectivity index (χ2n) is 4.29. The van der Waals surface area contributed by atoms with E-state index >= 15 is 0 Å². The largest absolute Gasteiger partial charge is 0.416 e. The highest BCUT2D eigenvalue weighted by molar-refractivity contribution is 9.10. The van der Waals surface area contributed by atoms with E-state index in [2.05, 4.69) is 36.5 Å². The summed E-state index contributed by atoms with van der Waals surface area (Å²) in [7, 11) is 1.66. The van der Waals surface area contributed by atoms with Gasteiger partial charge in [-0.25, -0.2) is 4.98 Å². The molecule has 0 radical (unpaired) electrons. The molecule has 0 saturated carbocycles. The number of alkyl halides is 3. The molecule has 0 atom stereocenters. The Bertz CT molecular complexity index is 658. The summed E-state index contributed by atoms with van der Waals surface area (Å²) in [5, 5.41) is 5.66. The summed E-state index contributed by atoms with van der Waals surface area (Å²) >= 11 is 3.26. The van der Waals surface area contributed by atoms with Gasteiger partial charge >= 0.3 is 6.18 Å². The van der Waals surface area contributed by atoms with Crippen molar-refractivity contribution >= 4 is 33.4 Å². The molecule has 1 aromatic heterocycles. The van der Waals surface area contributed by atoms with Crippen LogP contribution in [-0.2, 0) is 6.18 Å². The lowest BCUT2D eigenvalue weighted by atomic mass is 10.1. The molecule has 2 rings (SSSR count). The molecule has 0 aliphatic heterocycles. The van der Waals surface area contributed by atoms with Crippen molar-refractivity contribution in [3.63, 3.8) is 0 Å². The van der Waals surface area contributed by atoms with Gasteiger partial charge in [0.15, 0.2) is 0 Å². The molecule has 2 N–H and O–H groups in total. The quantitative estimate of drug-likeness (QED) is 0.854. The van der Waals surface area contributed by atoms with Gasteiger partial charge in [-0.3, -0.25) is 0 Å². The minimum atomic E-state index is -4.39. The van der Waals surface area contributed by atoms with Crippen LogP contribution in [0.1, 0.15) is 11.1 Å². The van der Waals surface area contributed by atoms with E-state index in [4.69, 9.17) is 0 Å². The molecule has 1 heterocycles. The summed E-state index contributed by atoms with van der Waals surface area (Å²) in [4.78, 5) is 8.15. The Labute approximate surface area is 127 Å². The van der Waals surface area contributed by atoms with Crippen LogP contribution in [0.15, 0.2) is 28.9 Å². The van der Waals surface area contributed by atoms with E-state index in [1.165, 1.54) is 12.3 Å². The van der Waals surface area contributed by atoms with Crippen LogP contribution in [0.2, 0.25) is 0 Å². The number of hydrogen-bond donors (Lipinski definition) is 2. The lowest BCUT2D eigenvalue weighted by molar-refractivity contribution is -0.137. The number of hydrogen-bond acceptors (Lipinski definition) is 4. The van der Waals surface area contributed by atoms with Crippen LogP contribution >= 0.6 is 15.9 Å². The molecular formula is C13H12BrF3N4. The molecule has 0 unspecified atom stereocenters. The molecule has 1 aromatic carbocycles. The first-order valence-electron chi connectivity index (χ1n) is 5.96. The Hall–Kier alpha value is -1.83. The van der Waals surface area contributed by atoms with E-state index in [1.807, 2.05) is 0 Å². The van der Waals surface area contributed by atoms with Crippen LogP contribution in [0.4, 0.5) is 30.6 Å². The number of halogens is 4. The smallest absolute Gasteiger partial charge is 0.357 e. The predicted molar refractivity (Wildman–Crippen MR) is 78.7 cm³/mol. The maximum atomic E-state index is 12.8. The summed E-state index contributed by atoms with van der Waals surface area (Å²) in [6.07, 6.45) is -2.87. The highest BCUT2D eigenvalue weighted by Gasteiger charge is 2.30. The lowest BCUT2D eigenvalue weighted by Crippen LogP contribution is -2.07. The summed E-state index contributed by atoms with van der Waals surface area (Å²) in [6.45, 7) is 1.72. The van der Waals surface area contributed by atoms with Gasteiger partial charge in [0, 0.05) is 18.9 Å². The maximum absolute atomic E-state index is 12.8. The molecule has 21 heavy (non-hydrogen) atoms. The van der Waals surface area contributed by atoms with Gasteiger partial charge in [0.25, 0.3) is 0 Å². The fourth-order valence-corrected chi connectivity index (χ4v) is 1.93. The number of aromatic nitrogens is 2. The molecule has 0 saturated heterocycles. The normalized spacial score (nSPS) is 11.3. The topological polar surface area (TPSA) is 49.8 Å². The number of nitrogens with one attached hydrogen (secondary N) is 2. The van der Waals surface area contributed by atoms with Gasteiger partial charge in [-0.15, -0.1) is 0 Å². The average Bonchev–Trinajstić information content (AvgIpc) is 2.42. The highest BCUT2D eigenvalue weighted by Crippen LogP contribution is 2.33. The number of rotatable bonds is 3. The van der Waals surface area contributed by atoms with Crippen LogP contribution < -0.4 is 10.6 Å². The fourth-order valence-electron chi connectivity index (χ4n) is 1.64. The summed E-state index contributed by atoms with van der Waals surface area (Å²) in [5.74, 6) is 0.752. The summed E-state index contributed by atoms with van der Waals surface area (Å²) in [6, 6.07) is 3.52. The van der Waals surface area contributed by atoms with Gasteiger partial charge in [0.2, 0.25) is 5.95 Å². The zero-order chi connectivity index (χ0) is 15.6. The second kappa shape index (κ2) is 5.88. The van der Waals surface area contributed by atoms with E-state index in [0.29, 0.717) is 27.5 Å². The fraction of sp³-hybridized carbons (Fsp3) is 0.231. The van der Waals surface area contributed by atoms with E-state index in [0.717, 1.165) is 12.1 Å². The van der Waals surface area contributed by atoms with E-state index in [9.17, 15) is 13.2 Å². The van der Waals surface area contributed by atoms with E-state index in [1.54, 1.807) is 14.0 Å². The van der Waals surface area contributed by atoms with Crippen LogP contribution in [0.25, 0.3) is 0 Å². The Morgan fingerprint density at radius 1 is 1.24 bits per heavy atom. The van der Waals surface area contributed by atoms with E-state index < -0.39 is 11.7 Å². The number of anilines is 3. The summed E-state index contributed by atoms with van der Waals surface area (Å²) < 4.78 is 38.8. The minimum absolute atomic E-state index is 0.339. The Morgan fingerprint density at radius 3 is 2.57 bits per heavy atom. The van der Waals surface area contributed by atoms with Crippen molar-refractivity contribution in [2.75, 3.05) is 17.7 Å². The van der Waals surface area contributed by atoms with Crippen molar-refractivity contribution in [2.45, 2.75) is 13.1 Å². The lowest BCUT2D eigenvalue weighted by Gasteiger charge is -2.14. The van der Waals surface area contributed by atoms with Crippen molar-refractivity contribution in [2.24, 2.45) is 0 Å². The van der Waals surface area contributed by atoms with Gasteiger partial charge in [-0.1, -0.05) is 6.07 Å². The van der Waals surface area contributed by atoms with Crippen LogP contribution in [0.3, 0.4) is 0 Å². The molecule has 0 fully saturated rings. The van der Waals surface area contributed by atoms with Gasteiger partial charge in [0.1, 0.15) is 5.82 Å². The molecule has 0 spiro atoms.